The van der Waals surface area contributed by atoms with Crippen LogP contribution in [0.15, 0.2) is 59.1 Å². The molecule has 2 heterocycles. The zero-order chi connectivity index (χ0) is 21.6. The monoisotopic (exact) mass is 422 g/mol. The minimum Gasteiger partial charge on any atom is -0.439 e. The Labute approximate surface area is 181 Å². The van der Waals surface area contributed by atoms with Crippen LogP contribution in [-0.4, -0.2) is 53.4 Å². The number of rotatable bonds is 7. The average molecular weight is 423 g/mol. The highest BCUT2D eigenvalue weighted by Crippen LogP contribution is 2.21. The van der Waals surface area contributed by atoms with Crippen molar-refractivity contribution in [2.24, 2.45) is 0 Å². The number of anilines is 1. The third kappa shape index (κ3) is 5.57. The molecule has 1 aliphatic rings. The van der Waals surface area contributed by atoms with Crippen molar-refractivity contribution < 1.29 is 13.6 Å². The molecule has 0 aliphatic carbocycles. The Balaban J connectivity index is 1.24. The van der Waals surface area contributed by atoms with Crippen LogP contribution in [0.4, 0.5) is 10.1 Å². The van der Waals surface area contributed by atoms with E-state index in [2.05, 4.69) is 27.0 Å². The molecule has 3 aromatic rings. The van der Waals surface area contributed by atoms with E-state index in [1.165, 1.54) is 12.1 Å². The van der Waals surface area contributed by atoms with Gasteiger partial charge in [0.05, 0.1) is 19.3 Å². The van der Waals surface area contributed by atoms with Gasteiger partial charge in [0.1, 0.15) is 5.82 Å². The van der Waals surface area contributed by atoms with Crippen molar-refractivity contribution in [1.29, 1.82) is 0 Å². The molecule has 162 valence electrons. The molecule has 31 heavy (non-hydrogen) atoms. The van der Waals surface area contributed by atoms with E-state index in [1.54, 1.807) is 18.3 Å². The lowest BCUT2D eigenvalue weighted by atomic mass is 10.1. The third-order valence-electron chi connectivity index (χ3n) is 5.55. The molecule has 0 spiro atoms. The van der Waals surface area contributed by atoms with Crippen molar-refractivity contribution in [2.75, 3.05) is 38.0 Å². The summed E-state index contributed by atoms with van der Waals surface area (Å²) in [5, 5.41) is 3.04. The van der Waals surface area contributed by atoms with Crippen LogP contribution in [0.1, 0.15) is 18.4 Å². The van der Waals surface area contributed by atoms with Crippen molar-refractivity contribution in [3.05, 3.63) is 72.0 Å². The quantitative estimate of drug-likeness (QED) is 0.628. The van der Waals surface area contributed by atoms with Crippen molar-refractivity contribution in [2.45, 2.75) is 19.9 Å². The first-order valence-corrected chi connectivity index (χ1v) is 10.6. The lowest BCUT2D eigenvalue weighted by molar-refractivity contribution is -0.117. The van der Waals surface area contributed by atoms with Gasteiger partial charge in [0, 0.05) is 37.4 Å². The largest absolute Gasteiger partial charge is 0.439 e. The van der Waals surface area contributed by atoms with Crippen LogP contribution in [0.25, 0.3) is 11.3 Å². The van der Waals surface area contributed by atoms with Crippen LogP contribution in [-0.2, 0) is 17.8 Å². The third-order valence-corrected chi connectivity index (χ3v) is 5.55. The van der Waals surface area contributed by atoms with E-state index < -0.39 is 0 Å². The molecule has 1 N–H and O–H groups in total. The van der Waals surface area contributed by atoms with E-state index in [0.717, 1.165) is 49.4 Å². The molecule has 1 aliphatic heterocycles. The van der Waals surface area contributed by atoms with Gasteiger partial charge in [-0.25, -0.2) is 9.37 Å². The Morgan fingerprint density at radius 3 is 2.52 bits per heavy atom. The van der Waals surface area contributed by atoms with Crippen LogP contribution in [0.5, 0.6) is 0 Å². The second-order valence-corrected chi connectivity index (χ2v) is 7.74. The first-order chi connectivity index (χ1) is 15.1. The number of piperazine rings is 1. The normalized spacial score (nSPS) is 15.2. The second-order valence-electron chi connectivity index (χ2n) is 7.74. The number of benzene rings is 2. The molecule has 0 unspecified atom stereocenters. The van der Waals surface area contributed by atoms with Crippen LogP contribution >= 0.6 is 0 Å². The minimum atomic E-state index is -0.274. The molecular formula is C24H27FN4O2. The van der Waals surface area contributed by atoms with Crippen LogP contribution in [0.2, 0.25) is 0 Å². The predicted molar refractivity (Wildman–Crippen MR) is 118 cm³/mol. The fourth-order valence-corrected chi connectivity index (χ4v) is 3.77. The minimum absolute atomic E-state index is 0.0194. The summed E-state index contributed by atoms with van der Waals surface area (Å²) in [6.07, 6.45) is 2.57. The predicted octanol–water partition coefficient (Wildman–Crippen LogP) is 3.80. The van der Waals surface area contributed by atoms with Crippen LogP contribution in [0, 0.1) is 5.82 Å². The van der Waals surface area contributed by atoms with Crippen LogP contribution < -0.4 is 5.32 Å². The Bertz CT molecular complexity index is 1010. The number of aromatic nitrogens is 1. The number of halogens is 1. The zero-order valence-corrected chi connectivity index (χ0v) is 17.7. The molecule has 1 amide bonds. The van der Waals surface area contributed by atoms with Crippen molar-refractivity contribution >= 4 is 11.6 Å². The Hall–Kier alpha value is -3.03. The molecule has 0 bridgehead atoms. The molecule has 2 aromatic carbocycles. The van der Waals surface area contributed by atoms with E-state index in [-0.39, 0.29) is 11.7 Å². The van der Waals surface area contributed by atoms with Gasteiger partial charge in [-0.2, -0.15) is 0 Å². The lowest BCUT2D eigenvalue weighted by Crippen LogP contribution is -2.48. The van der Waals surface area contributed by atoms with E-state index in [4.69, 9.17) is 4.42 Å². The first kappa shape index (κ1) is 21.2. The molecule has 0 atom stereocenters. The Morgan fingerprint density at radius 1 is 1.06 bits per heavy atom. The lowest BCUT2D eigenvalue weighted by Gasteiger charge is -2.33. The van der Waals surface area contributed by atoms with E-state index in [1.807, 2.05) is 24.3 Å². The van der Waals surface area contributed by atoms with Gasteiger partial charge in [0.15, 0.2) is 5.76 Å². The molecule has 7 heteroatoms. The zero-order valence-electron chi connectivity index (χ0n) is 17.7. The van der Waals surface area contributed by atoms with Gasteiger partial charge in [0.25, 0.3) is 0 Å². The maximum atomic E-state index is 13.1. The summed E-state index contributed by atoms with van der Waals surface area (Å²) in [6, 6.07) is 14.1. The standard InChI is InChI=1S/C24H27FN4O2/c1-2-18-5-3-4-6-21(18)27-23(30)16-28-11-13-29(14-12-28)17-24-26-15-22(31-24)19-7-9-20(25)10-8-19/h3-10,15H,2,11-14,16-17H2,1H3,(H,27,30). The number of hydrogen-bond donors (Lipinski definition) is 1. The van der Waals surface area contributed by atoms with E-state index >= 15 is 0 Å². The highest BCUT2D eigenvalue weighted by atomic mass is 19.1. The maximum Gasteiger partial charge on any atom is 0.238 e. The summed E-state index contributed by atoms with van der Waals surface area (Å²) < 4.78 is 18.9. The van der Waals surface area contributed by atoms with Gasteiger partial charge in [-0.3, -0.25) is 14.6 Å². The summed E-state index contributed by atoms with van der Waals surface area (Å²) in [5.74, 6) is 1.02. The smallest absolute Gasteiger partial charge is 0.238 e. The summed E-state index contributed by atoms with van der Waals surface area (Å²) >= 11 is 0. The number of nitrogens with zero attached hydrogens (tertiary/aromatic N) is 3. The Morgan fingerprint density at radius 2 is 1.77 bits per heavy atom. The highest BCUT2D eigenvalue weighted by molar-refractivity contribution is 5.93. The number of amides is 1. The van der Waals surface area contributed by atoms with Crippen molar-refractivity contribution in [1.82, 2.24) is 14.8 Å². The van der Waals surface area contributed by atoms with Crippen molar-refractivity contribution in [3.63, 3.8) is 0 Å². The summed E-state index contributed by atoms with van der Waals surface area (Å²) in [6.45, 7) is 6.40. The number of nitrogens with one attached hydrogen (secondary N) is 1. The molecular weight excluding hydrogens is 395 g/mol. The van der Waals surface area contributed by atoms with Crippen molar-refractivity contribution in [3.8, 4) is 11.3 Å². The summed E-state index contributed by atoms with van der Waals surface area (Å²) in [7, 11) is 0. The molecule has 1 saturated heterocycles. The topological polar surface area (TPSA) is 61.6 Å². The first-order valence-electron chi connectivity index (χ1n) is 10.6. The summed E-state index contributed by atoms with van der Waals surface area (Å²) in [4.78, 5) is 21.3. The van der Waals surface area contributed by atoms with Gasteiger partial charge in [-0.15, -0.1) is 0 Å². The molecule has 4 rings (SSSR count). The molecule has 6 nitrogen and oxygen atoms in total. The Kier molecular flexibility index (Phi) is 6.74. The fraction of sp³-hybridized carbons (Fsp3) is 0.333. The SMILES string of the molecule is CCc1ccccc1NC(=O)CN1CCN(Cc2ncc(-c3ccc(F)cc3)o2)CC1. The number of aryl methyl sites for hydroxylation is 1. The average Bonchev–Trinajstić information content (AvgIpc) is 3.24. The number of para-hydroxylation sites is 1. The van der Waals surface area contributed by atoms with Gasteiger partial charge in [-0.1, -0.05) is 25.1 Å². The van der Waals surface area contributed by atoms with Gasteiger partial charge >= 0.3 is 0 Å². The van der Waals surface area contributed by atoms with Crippen LogP contribution in [0.3, 0.4) is 0 Å². The summed E-state index contributed by atoms with van der Waals surface area (Å²) in [5.41, 5.74) is 2.85. The maximum absolute atomic E-state index is 13.1. The second kappa shape index (κ2) is 9.85. The molecule has 0 saturated carbocycles. The van der Waals surface area contributed by atoms with Gasteiger partial charge in [0.2, 0.25) is 11.8 Å². The molecule has 1 fully saturated rings. The number of oxazole rings is 1. The number of carbonyl (C=O) groups is 1. The van der Waals surface area contributed by atoms with Gasteiger partial charge < -0.3 is 9.73 Å². The number of hydrogen-bond acceptors (Lipinski definition) is 5. The van der Waals surface area contributed by atoms with E-state index in [0.29, 0.717) is 24.7 Å². The molecule has 0 radical (unpaired) electrons. The number of carbonyl (C=O) groups excluding carboxylic acids is 1. The van der Waals surface area contributed by atoms with Gasteiger partial charge in [-0.05, 0) is 42.3 Å². The molecule has 1 aromatic heterocycles. The van der Waals surface area contributed by atoms with E-state index in [9.17, 15) is 9.18 Å². The fourth-order valence-electron chi connectivity index (χ4n) is 3.77. The highest BCUT2D eigenvalue weighted by Gasteiger charge is 2.21.